The summed E-state index contributed by atoms with van der Waals surface area (Å²) >= 11 is 0. The first kappa shape index (κ1) is 33.4. The Labute approximate surface area is 246 Å². The van der Waals surface area contributed by atoms with Gasteiger partial charge in [-0.25, -0.2) is 13.9 Å². The van der Waals surface area contributed by atoms with E-state index in [9.17, 15) is 53.5 Å². The number of amides is 2. The number of nitrogens with one attached hydrogen (secondary N) is 1. The van der Waals surface area contributed by atoms with E-state index >= 15 is 0 Å². The molecular formula is C25H22F10N6O4. The smallest absolute Gasteiger partial charge is 0.418 e. The number of nitrogen functional groups attached to an aromatic ring is 1. The normalized spacial score (nSPS) is 17.7. The minimum absolute atomic E-state index is 0.0910. The summed E-state index contributed by atoms with van der Waals surface area (Å²) < 4.78 is 145. The summed E-state index contributed by atoms with van der Waals surface area (Å²) in [5, 5.41) is 6.02. The standard InChI is InChI=1S/C25H22F10N6O4/c1-44-16-4-10(15-5-12(23(27,28)29)19-21(36)37-9-38-41(15)19)3-11(20(16)45-2)22(43)39-14-8-40(7-13(14)26)18(42)6-17(24(30,31)32)25(33,34)35/h3-5,9,13-14,17H,6-8H2,1-2H3,(H,39,43)(H2,36,37,38)/t13-,14+/m0/s1. The Hall–Kier alpha value is -4.52. The zero-order chi connectivity index (χ0) is 33.6. The van der Waals surface area contributed by atoms with Crippen molar-refractivity contribution >= 4 is 23.1 Å². The number of benzene rings is 1. The van der Waals surface area contributed by atoms with Gasteiger partial charge in [0, 0.05) is 18.5 Å². The molecule has 10 nitrogen and oxygen atoms in total. The Morgan fingerprint density at radius 3 is 2.22 bits per heavy atom. The Morgan fingerprint density at radius 1 is 1.02 bits per heavy atom. The summed E-state index contributed by atoms with van der Waals surface area (Å²) in [5.74, 6) is -7.68. The largest absolute Gasteiger partial charge is 0.493 e. The summed E-state index contributed by atoms with van der Waals surface area (Å²) in [5.41, 5.74) is 3.15. The number of rotatable bonds is 7. The molecule has 0 spiro atoms. The van der Waals surface area contributed by atoms with Crippen LogP contribution in [0.2, 0.25) is 0 Å². The van der Waals surface area contributed by atoms with Crippen molar-refractivity contribution in [2.45, 2.75) is 37.2 Å². The van der Waals surface area contributed by atoms with Crippen LogP contribution in [0.15, 0.2) is 24.5 Å². The van der Waals surface area contributed by atoms with Crippen LogP contribution in [0.25, 0.3) is 16.8 Å². The number of methoxy groups -OCH3 is 2. The van der Waals surface area contributed by atoms with Crippen molar-refractivity contribution in [3.8, 4) is 22.8 Å². The molecule has 0 bridgehead atoms. The second kappa shape index (κ2) is 11.8. The molecule has 246 valence electrons. The van der Waals surface area contributed by atoms with Crippen LogP contribution in [0.5, 0.6) is 11.5 Å². The van der Waals surface area contributed by atoms with E-state index in [2.05, 4.69) is 15.4 Å². The highest BCUT2D eigenvalue weighted by molar-refractivity contribution is 6.00. The van der Waals surface area contributed by atoms with E-state index in [1.807, 2.05) is 0 Å². The van der Waals surface area contributed by atoms with Gasteiger partial charge in [0.2, 0.25) is 5.91 Å². The van der Waals surface area contributed by atoms with Gasteiger partial charge in [-0.05, 0) is 18.2 Å². The van der Waals surface area contributed by atoms with Crippen molar-refractivity contribution < 1.29 is 63.0 Å². The molecule has 3 N–H and O–H groups in total. The SMILES string of the molecule is COc1cc(-c2cc(C(F)(F)F)c3c(N)ncnn23)cc(C(=O)N[C@@H]2CN(C(=O)CC(C(F)(F)F)C(F)(F)F)C[C@@H]2F)c1OC. The fourth-order valence-corrected chi connectivity index (χ4v) is 4.84. The van der Waals surface area contributed by atoms with Crippen molar-refractivity contribution in [2.75, 3.05) is 33.0 Å². The molecule has 4 rings (SSSR count). The number of hydrogen-bond donors (Lipinski definition) is 2. The second-order valence-corrected chi connectivity index (χ2v) is 9.84. The molecule has 0 saturated carbocycles. The highest BCUT2D eigenvalue weighted by atomic mass is 19.4. The highest BCUT2D eigenvalue weighted by Gasteiger charge is 2.57. The molecule has 1 aliphatic heterocycles. The predicted octanol–water partition coefficient (Wildman–Crippen LogP) is 4.42. The number of alkyl halides is 10. The van der Waals surface area contributed by atoms with E-state index in [0.29, 0.717) is 11.0 Å². The predicted molar refractivity (Wildman–Crippen MR) is 134 cm³/mol. The van der Waals surface area contributed by atoms with Crippen LogP contribution in [0.3, 0.4) is 0 Å². The van der Waals surface area contributed by atoms with Crippen LogP contribution in [-0.4, -0.2) is 83.2 Å². The molecule has 0 aliphatic carbocycles. The molecule has 3 heterocycles. The molecule has 0 radical (unpaired) electrons. The highest BCUT2D eigenvalue weighted by Crippen LogP contribution is 2.43. The number of anilines is 1. The summed E-state index contributed by atoms with van der Waals surface area (Å²) in [6.07, 6.45) is -19.7. The first-order valence-electron chi connectivity index (χ1n) is 12.6. The van der Waals surface area contributed by atoms with Gasteiger partial charge >= 0.3 is 18.5 Å². The first-order valence-corrected chi connectivity index (χ1v) is 12.6. The van der Waals surface area contributed by atoms with Crippen molar-refractivity contribution in [2.24, 2.45) is 5.92 Å². The van der Waals surface area contributed by atoms with Crippen LogP contribution in [-0.2, 0) is 11.0 Å². The number of carbonyl (C=O) groups excluding carboxylic acids is 2. The maximum absolute atomic E-state index is 14.8. The van der Waals surface area contributed by atoms with Crippen LogP contribution in [0, 0.1) is 5.92 Å². The number of aromatic nitrogens is 3. The lowest BCUT2D eigenvalue weighted by Crippen LogP contribution is -2.43. The number of fused-ring (bicyclic) bond motifs is 1. The minimum atomic E-state index is -5.79. The third-order valence-electron chi connectivity index (χ3n) is 6.99. The lowest BCUT2D eigenvalue weighted by Gasteiger charge is -2.25. The van der Waals surface area contributed by atoms with E-state index < -0.39 is 90.4 Å². The molecule has 2 atom stereocenters. The van der Waals surface area contributed by atoms with Gasteiger partial charge in [-0.3, -0.25) is 9.59 Å². The topological polar surface area (TPSA) is 124 Å². The first-order chi connectivity index (χ1) is 20.8. The lowest BCUT2D eigenvalue weighted by molar-refractivity contribution is -0.284. The van der Waals surface area contributed by atoms with Gasteiger partial charge in [-0.15, -0.1) is 0 Å². The number of nitrogens with zero attached hydrogens (tertiary/aromatic N) is 4. The van der Waals surface area contributed by atoms with Crippen molar-refractivity contribution in [3.05, 3.63) is 35.7 Å². The van der Waals surface area contributed by atoms with Gasteiger partial charge in [-0.1, -0.05) is 0 Å². The quantitative estimate of drug-likeness (QED) is 0.360. The molecule has 1 saturated heterocycles. The third kappa shape index (κ3) is 6.63. The summed E-state index contributed by atoms with van der Waals surface area (Å²) in [6, 6.07) is 1.37. The molecule has 2 aromatic heterocycles. The molecule has 0 unspecified atom stereocenters. The van der Waals surface area contributed by atoms with Gasteiger partial charge in [0.25, 0.3) is 5.91 Å². The molecule has 1 aliphatic rings. The summed E-state index contributed by atoms with van der Waals surface area (Å²) in [7, 11) is 2.26. The number of ether oxygens (including phenoxy) is 2. The maximum atomic E-state index is 14.8. The number of nitrogens with two attached hydrogens (primary N) is 1. The fourth-order valence-electron chi connectivity index (χ4n) is 4.84. The summed E-state index contributed by atoms with van der Waals surface area (Å²) in [4.78, 5) is 29.6. The monoisotopic (exact) mass is 660 g/mol. The zero-order valence-corrected chi connectivity index (χ0v) is 22.9. The fraction of sp³-hybridized carbons (Fsp3) is 0.440. The van der Waals surface area contributed by atoms with Gasteiger partial charge in [0.1, 0.15) is 18.0 Å². The minimum Gasteiger partial charge on any atom is -0.493 e. The van der Waals surface area contributed by atoms with Gasteiger partial charge < -0.3 is 25.4 Å². The van der Waals surface area contributed by atoms with E-state index in [4.69, 9.17) is 15.2 Å². The molecule has 20 heteroatoms. The number of likely N-dealkylation sites (tertiary alicyclic amines) is 1. The van der Waals surface area contributed by atoms with Crippen LogP contribution < -0.4 is 20.5 Å². The average molecular weight is 660 g/mol. The zero-order valence-electron chi connectivity index (χ0n) is 22.9. The Bertz CT molecular complexity index is 1590. The van der Waals surface area contributed by atoms with Crippen molar-refractivity contribution in [3.63, 3.8) is 0 Å². The third-order valence-corrected chi connectivity index (χ3v) is 6.99. The van der Waals surface area contributed by atoms with E-state index in [0.717, 1.165) is 31.1 Å². The number of carbonyl (C=O) groups is 2. The van der Waals surface area contributed by atoms with Crippen LogP contribution >= 0.6 is 0 Å². The Morgan fingerprint density at radius 2 is 1.67 bits per heavy atom. The molecular weight excluding hydrogens is 638 g/mol. The van der Waals surface area contributed by atoms with E-state index in [1.165, 1.54) is 6.07 Å². The van der Waals surface area contributed by atoms with E-state index in [1.54, 1.807) is 0 Å². The molecule has 1 aromatic carbocycles. The van der Waals surface area contributed by atoms with Gasteiger partial charge in [-0.2, -0.15) is 44.6 Å². The molecule has 2 amide bonds. The molecule has 3 aromatic rings. The second-order valence-electron chi connectivity index (χ2n) is 9.84. The molecule has 1 fully saturated rings. The van der Waals surface area contributed by atoms with Gasteiger partial charge in [0.15, 0.2) is 23.2 Å². The maximum Gasteiger partial charge on any atom is 0.418 e. The number of halogens is 10. The van der Waals surface area contributed by atoms with Crippen molar-refractivity contribution in [1.29, 1.82) is 0 Å². The van der Waals surface area contributed by atoms with Crippen LogP contribution in [0.1, 0.15) is 22.3 Å². The number of hydrogen-bond acceptors (Lipinski definition) is 7. The Balaban J connectivity index is 1.66. The Kier molecular flexibility index (Phi) is 8.73. The average Bonchev–Trinajstić information content (AvgIpc) is 3.51. The van der Waals surface area contributed by atoms with Gasteiger partial charge in [0.05, 0.1) is 43.6 Å². The molecule has 45 heavy (non-hydrogen) atoms. The van der Waals surface area contributed by atoms with E-state index in [-0.39, 0.29) is 22.8 Å². The summed E-state index contributed by atoms with van der Waals surface area (Å²) in [6.45, 7) is -1.69. The lowest BCUT2D eigenvalue weighted by atomic mass is 10.0. The van der Waals surface area contributed by atoms with Crippen molar-refractivity contribution in [1.82, 2.24) is 24.8 Å². The van der Waals surface area contributed by atoms with Crippen LogP contribution in [0.4, 0.5) is 49.7 Å².